The Morgan fingerprint density at radius 3 is 2.67 bits per heavy atom. The molecule has 1 saturated heterocycles. The molecule has 2 nitrogen and oxygen atoms in total. The lowest BCUT2D eigenvalue weighted by Gasteiger charge is -2.29. The van der Waals surface area contributed by atoms with Crippen LogP contribution in [0.1, 0.15) is 12.8 Å². The van der Waals surface area contributed by atoms with Crippen molar-refractivity contribution in [2.24, 2.45) is 0 Å². The van der Waals surface area contributed by atoms with Crippen molar-refractivity contribution in [3.8, 4) is 0 Å². The van der Waals surface area contributed by atoms with Gasteiger partial charge < -0.3 is 4.90 Å². The van der Waals surface area contributed by atoms with Crippen molar-refractivity contribution in [2.45, 2.75) is 12.8 Å². The van der Waals surface area contributed by atoms with Crippen LogP contribution in [0, 0.1) is 5.82 Å². The van der Waals surface area contributed by atoms with Crippen molar-refractivity contribution in [3.05, 3.63) is 34.7 Å². The maximum atomic E-state index is 13.6. The summed E-state index contributed by atoms with van der Waals surface area (Å²) in [6, 6.07) is 1.45. The van der Waals surface area contributed by atoms with E-state index in [0.29, 0.717) is 10.3 Å². The van der Waals surface area contributed by atoms with Gasteiger partial charge in [0.05, 0.1) is 0 Å². The summed E-state index contributed by atoms with van der Waals surface area (Å²) in [5, 5.41) is 0. The van der Waals surface area contributed by atoms with E-state index in [1.807, 2.05) is 4.90 Å². The molecule has 1 aliphatic heterocycles. The van der Waals surface area contributed by atoms with E-state index in [9.17, 15) is 4.39 Å². The van der Waals surface area contributed by atoms with Gasteiger partial charge in [0.2, 0.25) is 0 Å². The molecule has 1 aromatic heterocycles. The second-order valence-electron chi connectivity index (χ2n) is 3.70. The standard InChI is InChI=1S/C11H12BrFN2/c1-8-2-4-15(5-3-8)11-10(13)6-9(12)7-14-11/h6-7H,1-5H2. The molecule has 0 aromatic carbocycles. The molecule has 2 rings (SSSR count). The van der Waals surface area contributed by atoms with Gasteiger partial charge in [0.15, 0.2) is 11.6 Å². The molecule has 1 fully saturated rings. The van der Waals surface area contributed by atoms with Gasteiger partial charge in [-0.3, -0.25) is 0 Å². The summed E-state index contributed by atoms with van der Waals surface area (Å²) in [5.74, 6) is 0.183. The van der Waals surface area contributed by atoms with Crippen LogP contribution < -0.4 is 4.90 Å². The summed E-state index contributed by atoms with van der Waals surface area (Å²) in [7, 11) is 0. The average molecular weight is 271 g/mol. The van der Waals surface area contributed by atoms with E-state index < -0.39 is 0 Å². The second-order valence-corrected chi connectivity index (χ2v) is 4.61. The molecule has 0 amide bonds. The average Bonchev–Trinajstić information content (AvgIpc) is 2.20. The molecule has 80 valence electrons. The van der Waals surface area contributed by atoms with Gasteiger partial charge in [-0.2, -0.15) is 0 Å². The Balaban J connectivity index is 2.19. The molecule has 1 aromatic rings. The smallest absolute Gasteiger partial charge is 0.166 e. The van der Waals surface area contributed by atoms with Crippen LogP contribution in [0.15, 0.2) is 28.9 Å². The fraction of sp³-hybridized carbons (Fsp3) is 0.364. The minimum absolute atomic E-state index is 0.267. The fourth-order valence-corrected chi connectivity index (χ4v) is 1.98. The summed E-state index contributed by atoms with van der Waals surface area (Å²) in [5.41, 5.74) is 1.24. The molecule has 0 aliphatic carbocycles. The van der Waals surface area contributed by atoms with Crippen LogP contribution >= 0.6 is 15.9 Å². The molecule has 0 N–H and O–H groups in total. The van der Waals surface area contributed by atoms with E-state index in [-0.39, 0.29) is 5.82 Å². The van der Waals surface area contributed by atoms with Crippen molar-refractivity contribution in [2.75, 3.05) is 18.0 Å². The molecule has 0 atom stereocenters. The van der Waals surface area contributed by atoms with Gasteiger partial charge in [0, 0.05) is 23.8 Å². The molecular weight excluding hydrogens is 259 g/mol. The van der Waals surface area contributed by atoms with Crippen LogP contribution in [0.4, 0.5) is 10.2 Å². The van der Waals surface area contributed by atoms with Crippen molar-refractivity contribution in [3.63, 3.8) is 0 Å². The first-order chi connectivity index (χ1) is 7.16. The van der Waals surface area contributed by atoms with Crippen LogP contribution in [0.3, 0.4) is 0 Å². The number of rotatable bonds is 1. The van der Waals surface area contributed by atoms with E-state index in [1.54, 1.807) is 6.20 Å². The Kier molecular flexibility index (Phi) is 3.05. The van der Waals surface area contributed by atoms with Crippen molar-refractivity contribution in [1.29, 1.82) is 0 Å². The molecule has 0 saturated carbocycles. The topological polar surface area (TPSA) is 16.1 Å². The van der Waals surface area contributed by atoms with Crippen LogP contribution in [0.5, 0.6) is 0 Å². The molecule has 2 heterocycles. The fourth-order valence-electron chi connectivity index (χ4n) is 1.67. The number of aromatic nitrogens is 1. The summed E-state index contributed by atoms with van der Waals surface area (Å²) in [4.78, 5) is 6.07. The highest BCUT2D eigenvalue weighted by atomic mass is 79.9. The number of hydrogen-bond acceptors (Lipinski definition) is 2. The lowest BCUT2D eigenvalue weighted by atomic mass is 10.1. The number of piperidine rings is 1. The number of halogens is 2. The van der Waals surface area contributed by atoms with E-state index in [0.717, 1.165) is 25.9 Å². The molecule has 0 bridgehead atoms. The number of pyridine rings is 1. The predicted molar refractivity (Wildman–Crippen MR) is 62.5 cm³/mol. The van der Waals surface area contributed by atoms with E-state index in [4.69, 9.17) is 0 Å². The van der Waals surface area contributed by atoms with Gasteiger partial charge in [0.25, 0.3) is 0 Å². The zero-order valence-electron chi connectivity index (χ0n) is 8.34. The first-order valence-corrected chi connectivity index (χ1v) is 5.69. The zero-order chi connectivity index (χ0) is 10.8. The van der Waals surface area contributed by atoms with Crippen molar-refractivity contribution in [1.82, 2.24) is 4.98 Å². The SMILES string of the molecule is C=C1CCN(c2ncc(Br)cc2F)CC1. The highest BCUT2D eigenvalue weighted by Crippen LogP contribution is 2.24. The highest BCUT2D eigenvalue weighted by Gasteiger charge is 2.17. The minimum Gasteiger partial charge on any atom is -0.354 e. The summed E-state index contributed by atoms with van der Waals surface area (Å²) in [6.45, 7) is 5.55. The van der Waals surface area contributed by atoms with Crippen LogP contribution in [-0.2, 0) is 0 Å². The quantitative estimate of drug-likeness (QED) is 0.729. The number of nitrogens with zero attached hydrogens (tertiary/aromatic N) is 2. The van der Waals surface area contributed by atoms with Gasteiger partial charge in [-0.25, -0.2) is 9.37 Å². The van der Waals surface area contributed by atoms with Gasteiger partial charge in [-0.1, -0.05) is 12.2 Å². The maximum Gasteiger partial charge on any atom is 0.166 e. The van der Waals surface area contributed by atoms with Gasteiger partial charge in [-0.05, 0) is 34.8 Å². The minimum atomic E-state index is -0.267. The normalized spacial score (nSPS) is 16.9. The Morgan fingerprint density at radius 2 is 2.07 bits per heavy atom. The van der Waals surface area contributed by atoms with Crippen molar-refractivity contribution >= 4 is 21.7 Å². The third-order valence-corrected chi connectivity index (χ3v) is 2.99. The maximum absolute atomic E-state index is 13.6. The number of hydrogen-bond donors (Lipinski definition) is 0. The van der Waals surface area contributed by atoms with E-state index >= 15 is 0 Å². The first-order valence-electron chi connectivity index (χ1n) is 4.89. The van der Waals surface area contributed by atoms with Crippen LogP contribution in [-0.4, -0.2) is 18.1 Å². The van der Waals surface area contributed by atoms with Crippen molar-refractivity contribution < 1.29 is 4.39 Å². The lowest BCUT2D eigenvalue weighted by Crippen LogP contribution is -2.31. The second kappa shape index (κ2) is 4.31. The third-order valence-electron chi connectivity index (χ3n) is 2.56. The van der Waals surface area contributed by atoms with E-state index in [2.05, 4.69) is 27.5 Å². The molecular formula is C11H12BrFN2. The lowest BCUT2D eigenvalue weighted by molar-refractivity contribution is 0.594. The number of anilines is 1. The third kappa shape index (κ3) is 2.37. The zero-order valence-corrected chi connectivity index (χ0v) is 9.93. The first kappa shape index (κ1) is 10.6. The van der Waals surface area contributed by atoms with Crippen LogP contribution in [0.25, 0.3) is 0 Å². The summed E-state index contributed by atoms with van der Waals surface area (Å²) >= 11 is 3.19. The molecule has 4 heteroatoms. The van der Waals surface area contributed by atoms with E-state index in [1.165, 1.54) is 11.6 Å². The van der Waals surface area contributed by atoms with Gasteiger partial charge in [0.1, 0.15) is 0 Å². The van der Waals surface area contributed by atoms with Gasteiger partial charge >= 0.3 is 0 Å². The Morgan fingerprint density at radius 1 is 1.40 bits per heavy atom. The Hall–Kier alpha value is -0.900. The molecule has 0 radical (unpaired) electrons. The largest absolute Gasteiger partial charge is 0.354 e. The monoisotopic (exact) mass is 270 g/mol. The Labute approximate surface area is 96.9 Å². The molecule has 0 unspecified atom stereocenters. The molecule has 0 spiro atoms. The van der Waals surface area contributed by atoms with Crippen LogP contribution in [0.2, 0.25) is 0 Å². The predicted octanol–water partition coefficient (Wildman–Crippen LogP) is 3.14. The summed E-state index contributed by atoms with van der Waals surface area (Å²) in [6.07, 6.45) is 3.48. The summed E-state index contributed by atoms with van der Waals surface area (Å²) < 4.78 is 14.2. The van der Waals surface area contributed by atoms with Gasteiger partial charge in [-0.15, -0.1) is 0 Å². The molecule has 15 heavy (non-hydrogen) atoms. The Bertz CT molecular complexity index is 382. The highest BCUT2D eigenvalue weighted by molar-refractivity contribution is 9.10. The molecule has 1 aliphatic rings.